The largest absolute Gasteiger partial charge is 0.398 e. The van der Waals surface area contributed by atoms with E-state index in [1.165, 1.54) is 0 Å². The van der Waals surface area contributed by atoms with Crippen LogP contribution in [0.2, 0.25) is 0 Å². The minimum atomic E-state index is -3.47. The number of nitrogen functional groups attached to an aromatic ring is 1. The Hall–Kier alpha value is -1.07. The third-order valence-electron chi connectivity index (χ3n) is 5.07. The molecule has 0 atom stereocenters. The van der Waals surface area contributed by atoms with Crippen LogP contribution in [-0.2, 0) is 10.0 Å². The Morgan fingerprint density at radius 2 is 1.76 bits per heavy atom. The van der Waals surface area contributed by atoms with Crippen LogP contribution in [0.5, 0.6) is 0 Å². The van der Waals surface area contributed by atoms with Gasteiger partial charge in [0, 0.05) is 13.1 Å². The first-order valence-electron chi connectivity index (χ1n) is 7.71. The van der Waals surface area contributed by atoms with Gasteiger partial charge in [0.05, 0.1) is 5.69 Å². The molecule has 1 heterocycles. The molecule has 0 aliphatic carbocycles. The number of hydrogen-bond donors (Lipinski definition) is 1. The van der Waals surface area contributed by atoms with E-state index in [-0.39, 0.29) is 4.90 Å². The number of benzene rings is 1. The van der Waals surface area contributed by atoms with Crippen LogP contribution in [0.3, 0.4) is 0 Å². The van der Waals surface area contributed by atoms with E-state index < -0.39 is 10.0 Å². The van der Waals surface area contributed by atoms with E-state index in [0.717, 1.165) is 31.2 Å². The van der Waals surface area contributed by atoms with Crippen LogP contribution >= 0.6 is 0 Å². The molecule has 1 fully saturated rings. The first kappa shape index (κ1) is 16.3. The lowest BCUT2D eigenvalue weighted by molar-refractivity contribution is 0.141. The molecule has 1 aliphatic heterocycles. The van der Waals surface area contributed by atoms with Crippen molar-refractivity contribution in [1.29, 1.82) is 0 Å². The van der Waals surface area contributed by atoms with Crippen molar-refractivity contribution in [3.63, 3.8) is 0 Å². The number of nitrogens with zero attached hydrogens (tertiary/aromatic N) is 1. The average Bonchev–Trinajstić information content (AvgIpc) is 2.47. The molecular formula is C16H26N2O2S. The van der Waals surface area contributed by atoms with Gasteiger partial charge in [-0.1, -0.05) is 32.8 Å². The van der Waals surface area contributed by atoms with Gasteiger partial charge in [-0.2, -0.15) is 4.31 Å². The van der Waals surface area contributed by atoms with Gasteiger partial charge in [-0.25, -0.2) is 8.42 Å². The maximum absolute atomic E-state index is 12.8. The predicted molar refractivity (Wildman–Crippen MR) is 86.6 cm³/mol. The summed E-state index contributed by atoms with van der Waals surface area (Å²) in [5.41, 5.74) is 7.54. The van der Waals surface area contributed by atoms with Crippen molar-refractivity contribution in [2.24, 2.45) is 5.41 Å². The summed E-state index contributed by atoms with van der Waals surface area (Å²) in [6.45, 7) is 7.50. The highest BCUT2D eigenvalue weighted by atomic mass is 32.2. The molecule has 2 N–H and O–H groups in total. The molecule has 0 radical (unpaired) electrons. The van der Waals surface area contributed by atoms with Gasteiger partial charge in [0.25, 0.3) is 0 Å². The maximum Gasteiger partial charge on any atom is 0.245 e. The zero-order valence-corrected chi connectivity index (χ0v) is 14.0. The minimum Gasteiger partial charge on any atom is -0.398 e. The molecule has 1 aromatic rings. The van der Waals surface area contributed by atoms with Gasteiger partial charge >= 0.3 is 0 Å². The molecule has 1 saturated heterocycles. The van der Waals surface area contributed by atoms with E-state index in [1.807, 2.05) is 6.92 Å². The molecule has 0 unspecified atom stereocenters. The van der Waals surface area contributed by atoms with Gasteiger partial charge in [0.2, 0.25) is 10.0 Å². The highest BCUT2D eigenvalue weighted by Gasteiger charge is 2.36. The molecule has 1 aliphatic rings. The number of anilines is 1. The second kappa shape index (κ2) is 5.97. The van der Waals surface area contributed by atoms with Crippen molar-refractivity contribution in [2.45, 2.75) is 51.3 Å². The first-order chi connectivity index (χ1) is 9.84. The van der Waals surface area contributed by atoms with E-state index in [9.17, 15) is 8.42 Å². The molecule has 4 nitrogen and oxygen atoms in total. The molecular weight excluding hydrogens is 284 g/mol. The second-order valence-electron chi connectivity index (χ2n) is 6.15. The van der Waals surface area contributed by atoms with Crippen LogP contribution < -0.4 is 5.73 Å². The van der Waals surface area contributed by atoms with Gasteiger partial charge in [0.15, 0.2) is 0 Å². The Balaban J connectivity index is 2.22. The fraction of sp³-hybridized carbons (Fsp3) is 0.625. The summed E-state index contributed by atoms with van der Waals surface area (Å²) in [6, 6.07) is 5.15. The van der Waals surface area contributed by atoms with E-state index in [4.69, 9.17) is 5.73 Å². The van der Waals surface area contributed by atoms with Gasteiger partial charge in [-0.3, -0.25) is 0 Å². The number of aryl methyl sites for hydroxylation is 1. The van der Waals surface area contributed by atoms with Crippen molar-refractivity contribution >= 4 is 15.7 Å². The monoisotopic (exact) mass is 310 g/mol. The topological polar surface area (TPSA) is 63.4 Å². The third kappa shape index (κ3) is 3.09. The molecule has 118 valence electrons. The van der Waals surface area contributed by atoms with Gasteiger partial charge in [0.1, 0.15) is 4.90 Å². The number of rotatable bonds is 4. The van der Waals surface area contributed by atoms with Crippen molar-refractivity contribution < 1.29 is 8.42 Å². The summed E-state index contributed by atoms with van der Waals surface area (Å²) < 4.78 is 27.1. The van der Waals surface area contributed by atoms with Crippen LogP contribution in [0, 0.1) is 12.3 Å². The van der Waals surface area contributed by atoms with Gasteiger partial charge < -0.3 is 5.73 Å². The average molecular weight is 310 g/mol. The maximum atomic E-state index is 12.8. The van der Waals surface area contributed by atoms with Crippen LogP contribution in [0.25, 0.3) is 0 Å². The van der Waals surface area contributed by atoms with Crippen LogP contribution in [0.1, 0.15) is 45.1 Å². The lowest BCUT2D eigenvalue weighted by atomic mass is 9.75. The minimum absolute atomic E-state index is 0.244. The zero-order valence-electron chi connectivity index (χ0n) is 13.2. The number of piperidine rings is 1. The molecule has 0 aromatic heterocycles. The molecule has 21 heavy (non-hydrogen) atoms. The SMILES string of the molecule is CCC1(CC)CCN(S(=O)(=O)c2ccc(C)cc2N)CC1. The summed E-state index contributed by atoms with van der Waals surface area (Å²) in [4.78, 5) is 0.244. The van der Waals surface area contributed by atoms with E-state index in [2.05, 4.69) is 13.8 Å². The lowest BCUT2D eigenvalue weighted by Gasteiger charge is -2.40. The van der Waals surface area contributed by atoms with Crippen molar-refractivity contribution in [1.82, 2.24) is 4.31 Å². The van der Waals surface area contributed by atoms with E-state index in [0.29, 0.717) is 24.2 Å². The number of nitrogens with two attached hydrogens (primary N) is 1. The Kier molecular flexibility index (Phi) is 4.63. The van der Waals surface area contributed by atoms with Crippen molar-refractivity contribution in [3.05, 3.63) is 23.8 Å². The molecule has 5 heteroatoms. The van der Waals surface area contributed by atoms with Crippen molar-refractivity contribution in [3.8, 4) is 0 Å². The molecule has 1 aromatic carbocycles. The predicted octanol–water partition coefficient (Wildman–Crippen LogP) is 3.17. The second-order valence-corrected chi connectivity index (χ2v) is 8.06. The smallest absolute Gasteiger partial charge is 0.245 e. The summed E-state index contributed by atoms with van der Waals surface area (Å²) in [7, 11) is -3.47. The molecule has 0 saturated carbocycles. The fourth-order valence-corrected chi connectivity index (χ4v) is 4.74. The molecule has 0 bridgehead atoms. The highest BCUT2D eigenvalue weighted by Crippen LogP contribution is 2.39. The highest BCUT2D eigenvalue weighted by molar-refractivity contribution is 7.89. The van der Waals surface area contributed by atoms with Gasteiger partial charge in [-0.15, -0.1) is 0 Å². The quantitative estimate of drug-likeness (QED) is 0.869. The van der Waals surface area contributed by atoms with E-state index in [1.54, 1.807) is 22.5 Å². The third-order valence-corrected chi connectivity index (χ3v) is 7.04. The Labute approximate surface area is 128 Å². The van der Waals surface area contributed by atoms with Crippen LogP contribution in [0.4, 0.5) is 5.69 Å². The summed E-state index contributed by atoms with van der Waals surface area (Å²) in [5, 5.41) is 0. The summed E-state index contributed by atoms with van der Waals surface area (Å²) in [5.74, 6) is 0. The Bertz CT molecular complexity index is 597. The molecule has 0 spiro atoms. The summed E-state index contributed by atoms with van der Waals surface area (Å²) >= 11 is 0. The van der Waals surface area contributed by atoms with Crippen LogP contribution in [-0.4, -0.2) is 25.8 Å². The Morgan fingerprint density at radius 3 is 2.24 bits per heavy atom. The first-order valence-corrected chi connectivity index (χ1v) is 9.15. The number of hydrogen-bond acceptors (Lipinski definition) is 3. The normalized spacial score (nSPS) is 19.6. The molecule has 2 rings (SSSR count). The van der Waals surface area contributed by atoms with Crippen molar-refractivity contribution in [2.75, 3.05) is 18.8 Å². The van der Waals surface area contributed by atoms with E-state index >= 15 is 0 Å². The fourth-order valence-electron chi connectivity index (χ4n) is 3.20. The number of sulfonamides is 1. The molecule has 0 amide bonds. The Morgan fingerprint density at radius 1 is 1.19 bits per heavy atom. The van der Waals surface area contributed by atoms with Crippen LogP contribution in [0.15, 0.2) is 23.1 Å². The zero-order chi connectivity index (χ0) is 15.7. The lowest BCUT2D eigenvalue weighted by Crippen LogP contribution is -2.42. The van der Waals surface area contributed by atoms with Gasteiger partial charge in [-0.05, 0) is 42.9 Å². The summed E-state index contributed by atoms with van der Waals surface area (Å²) in [6.07, 6.45) is 4.10. The standard InChI is InChI=1S/C16H26N2O2S/c1-4-16(5-2)8-10-18(11-9-16)21(19,20)15-7-6-13(3)12-14(15)17/h6-7,12H,4-5,8-11,17H2,1-3H3.